The Hall–Kier alpha value is -2.98. The number of hydrogen-bond acceptors (Lipinski definition) is 6. The quantitative estimate of drug-likeness (QED) is 0.560. The molecular weight excluding hydrogens is 456 g/mol. The number of rotatable bonds is 9. The van der Waals surface area contributed by atoms with Crippen LogP contribution in [-0.2, 0) is 19.6 Å². The van der Waals surface area contributed by atoms with E-state index in [0.717, 1.165) is 0 Å². The second-order valence-corrected chi connectivity index (χ2v) is 10.4. The summed E-state index contributed by atoms with van der Waals surface area (Å²) < 4.78 is 32.7. The van der Waals surface area contributed by atoms with Crippen molar-refractivity contribution in [2.24, 2.45) is 11.8 Å². The molecular formula is C24H32N4O5S. The van der Waals surface area contributed by atoms with Gasteiger partial charge in [-0.25, -0.2) is 8.42 Å². The Morgan fingerprint density at radius 3 is 2.59 bits per heavy atom. The van der Waals surface area contributed by atoms with Crippen LogP contribution < -0.4 is 15.4 Å². The van der Waals surface area contributed by atoms with Gasteiger partial charge >= 0.3 is 0 Å². The van der Waals surface area contributed by atoms with Crippen LogP contribution in [0, 0.1) is 11.8 Å². The highest BCUT2D eigenvalue weighted by Gasteiger charge is 2.35. The third-order valence-electron chi connectivity index (χ3n) is 6.17. The number of carbonyl (C=O) groups is 2. The molecule has 184 valence electrons. The molecule has 0 unspecified atom stereocenters. The molecule has 1 aliphatic heterocycles. The highest BCUT2D eigenvalue weighted by molar-refractivity contribution is 7.89. The number of aromatic nitrogens is 1. The summed E-state index contributed by atoms with van der Waals surface area (Å²) in [6.45, 7) is 4.26. The van der Waals surface area contributed by atoms with Crippen LogP contribution in [0.4, 0.5) is 5.69 Å². The molecule has 0 spiro atoms. The van der Waals surface area contributed by atoms with Crippen LogP contribution in [0.3, 0.4) is 0 Å². The van der Waals surface area contributed by atoms with Crippen molar-refractivity contribution in [2.75, 3.05) is 25.5 Å². The summed E-state index contributed by atoms with van der Waals surface area (Å²) in [5, 5.41) is 5.67. The summed E-state index contributed by atoms with van der Waals surface area (Å²) in [6.07, 6.45) is 4.95. The van der Waals surface area contributed by atoms with E-state index < -0.39 is 22.0 Å². The van der Waals surface area contributed by atoms with Gasteiger partial charge in [0, 0.05) is 19.3 Å². The first kappa shape index (κ1) is 25.6. The van der Waals surface area contributed by atoms with E-state index in [1.807, 2.05) is 13.8 Å². The van der Waals surface area contributed by atoms with Crippen molar-refractivity contribution < 1.29 is 22.7 Å². The number of sulfonamides is 1. The largest absolute Gasteiger partial charge is 0.497 e. The van der Waals surface area contributed by atoms with Crippen LogP contribution in [0.1, 0.15) is 33.1 Å². The second kappa shape index (κ2) is 11.4. The Morgan fingerprint density at radius 2 is 1.97 bits per heavy atom. The number of anilines is 1. The highest BCUT2D eigenvalue weighted by Crippen LogP contribution is 2.25. The van der Waals surface area contributed by atoms with Crippen molar-refractivity contribution in [1.29, 1.82) is 0 Å². The number of hydrogen-bond donors (Lipinski definition) is 2. The Labute approximate surface area is 201 Å². The summed E-state index contributed by atoms with van der Waals surface area (Å²) in [5.41, 5.74) is 0.546. The SMILES string of the molecule is CC[C@@H](C)[C@H](NC(=O)[C@@H]1CCCN(S(=O)(=O)c2ccc(OC)cc2)C1)C(=O)Nc1cccnc1. The fourth-order valence-electron chi connectivity index (χ4n) is 3.90. The summed E-state index contributed by atoms with van der Waals surface area (Å²) in [7, 11) is -2.23. The van der Waals surface area contributed by atoms with E-state index in [2.05, 4.69) is 15.6 Å². The number of methoxy groups -OCH3 is 1. The number of benzene rings is 1. The number of ether oxygens (including phenoxy) is 1. The summed E-state index contributed by atoms with van der Waals surface area (Å²) >= 11 is 0. The molecule has 3 atom stereocenters. The summed E-state index contributed by atoms with van der Waals surface area (Å²) in [6, 6.07) is 8.89. The normalized spacial score (nSPS) is 18.5. The molecule has 0 saturated carbocycles. The molecule has 2 N–H and O–H groups in total. The Morgan fingerprint density at radius 1 is 1.24 bits per heavy atom. The van der Waals surface area contributed by atoms with Crippen molar-refractivity contribution in [2.45, 2.75) is 44.0 Å². The maximum absolute atomic E-state index is 13.1. The number of piperidine rings is 1. The first-order valence-electron chi connectivity index (χ1n) is 11.4. The molecule has 3 rings (SSSR count). The topological polar surface area (TPSA) is 118 Å². The van der Waals surface area contributed by atoms with Crippen LogP contribution >= 0.6 is 0 Å². The lowest BCUT2D eigenvalue weighted by Gasteiger charge is -2.32. The van der Waals surface area contributed by atoms with E-state index in [-0.39, 0.29) is 29.2 Å². The molecule has 0 bridgehead atoms. The highest BCUT2D eigenvalue weighted by atomic mass is 32.2. The zero-order valence-corrected chi connectivity index (χ0v) is 20.5. The Kier molecular flexibility index (Phi) is 8.62. The van der Waals surface area contributed by atoms with Gasteiger partial charge in [-0.05, 0) is 55.2 Å². The van der Waals surface area contributed by atoms with E-state index in [1.54, 1.807) is 30.5 Å². The number of amides is 2. The average Bonchev–Trinajstić information content (AvgIpc) is 2.87. The minimum atomic E-state index is -3.75. The Balaban J connectivity index is 1.70. The van der Waals surface area contributed by atoms with E-state index >= 15 is 0 Å². The number of nitrogens with one attached hydrogen (secondary N) is 2. The first-order valence-corrected chi connectivity index (χ1v) is 12.9. The molecule has 9 nitrogen and oxygen atoms in total. The average molecular weight is 489 g/mol. The van der Waals surface area contributed by atoms with Crippen LogP contribution in [0.25, 0.3) is 0 Å². The minimum absolute atomic E-state index is 0.0671. The molecule has 0 aliphatic carbocycles. The monoisotopic (exact) mass is 488 g/mol. The first-order chi connectivity index (χ1) is 16.3. The standard InChI is InChI=1S/C24H32N4O5S/c1-4-17(2)22(24(30)26-19-8-5-13-25-15-19)27-23(29)18-7-6-14-28(16-18)34(31,32)21-11-9-20(33-3)10-12-21/h5,8-13,15,17-18,22H,4,6-7,14,16H2,1-3H3,(H,26,30)(H,27,29)/t17-,18-,22+/m1/s1. The van der Waals surface area contributed by atoms with Gasteiger partial charge in [-0.1, -0.05) is 20.3 Å². The number of carbonyl (C=O) groups excluding carboxylic acids is 2. The summed E-state index contributed by atoms with van der Waals surface area (Å²) in [4.78, 5) is 30.2. The molecule has 2 heterocycles. The van der Waals surface area contributed by atoms with Gasteiger partial charge in [0.05, 0.1) is 29.8 Å². The van der Waals surface area contributed by atoms with E-state index in [4.69, 9.17) is 4.74 Å². The lowest BCUT2D eigenvalue weighted by atomic mass is 9.94. The molecule has 1 aromatic carbocycles. The molecule has 2 amide bonds. The van der Waals surface area contributed by atoms with Crippen LogP contribution in [-0.4, -0.2) is 55.8 Å². The maximum atomic E-state index is 13.1. The molecule has 1 saturated heterocycles. The second-order valence-electron chi connectivity index (χ2n) is 8.48. The van der Waals surface area contributed by atoms with Gasteiger partial charge in [0.1, 0.15) is 11.8 Å². The third kappa shape index (κ3) is 6.12. The molecule has 34 heavy (non-hydrogen) atoms. The predicted molar refractivity (Wildman–Crippen MR) is 129 cm³/mol. The van der Waals surface area contributed by atoms with E-state index in [0.29, 0.717) is 37.2 Å². The van der Waals surface area contributed by atoms with Crippen molar-refractivity contribution in [3.05, 3.63) is 48.8 Å². The number of pyridine rings is 1. The van der Waals surface area contributed by atoms with Gasteiger partial charge in [-0.2, -0.15) is 4.31 Å². The smallest absolute Gasteiger partial charge is 0.247 e. The van der Waals surface area contributed by atoms with Crippen molar-refractivity contribution >= 4 is 27.5 Å². The van der Waals surface area contributed by atoms with E-state index in [9.17, 15) is 18.0 Å². The molecule has 0 radical (unpaired) electrons. The predicted octanol–water partition coefficient (Wildman–Crippen LogP) is 2.66. The zero-order valence-electron chi connectivity index (χ0n) is 19.7. The van der Waals surface area contributed by atoms with E-state index in [1.165, 1.54) is 29.7 Å². The van der Waals surface area contributed by atoms with Crippen molar-refractivity contribution in [3.63, 3.8) is 0 Å². The molecule has 1 aromatic heterocycles. The van der Waals surface area contributed by atoms with Gasteiger partial charge in [0.25, 0.3) is 0 Å². The summed E-state index contributed by atoms with van der Waals surface area (Å²) in [5.74, 6) is -0.728. The number of nitrogens with zero attached hydrogens (tertiary/aromatic N) is 2. The maximum Gasteiger partial charge on any atom is 0.247 e. The molecule has 2 aromatic rings. The molecule has 1 aliphatic rings. The van der Waals surface area contributed by atoms with Gasteiger partial charge in [0.2, 0.25) is 21.8 Å². The van der Waals surface area contributed by atoms with Gasteiger partial charge in [-0.15, -0.1) is 0 Å². The van der Waals surface area contributed by atoms with Crippen molar-refractivity contribution in [1.82, 2.24) is 14.6 Å². The third-order valence-corrected chi connectivity index (χ3v) is 8.05. The molecule has 1 fully saturated rings. The zero-order chi connectivity index (χ0) is 24.7. The van der Waals surface area contributed by atoms with Gasteiger partial charge < -0.3 is 15.4 Å². The van der Waals surface area contributed by atoms with Crippen molar-refractivity contribution in [3.8, 4) is 5.75 Å². The lowest BCUT2D eigenvalue weighted by molar-refractivity contribution is -0.131. The lowest BCUT2D eigenvalue weighted by Crippen LogP contribution is -2.52. The van der Waals surface area contributed by atoms with Crippen LogP contribution in [0.2, 0.25) is 0 Å². The fourth-order valence-corrected chi connectivity index (χ4v) is 5.43. The molecule has 10 heteroatoms. The Bertz CT molecular complexity index is 1080. The fraction of sp³-hybridized carbons (Fsp3) is 0.458. The van der Waals surface area contributed by atoms with Gasteiger partial charge in [-0.3, -0.25) is 14.6 Å². The minimum Gasteiger partial charge on any atom is -0.497 e. The van der Waals surface area contributed by atoms with Crippen LogP contribution in [0.15, 0.2) is 53.7 Å². The van der Waals surface area contributed by atoms with Gasteiger partial charge in [0.15, 0.2) is 0 Å². The van der Waals surface area contributed by atoms with Crippen LogP contribution in [0.5, 0.6) is 5.75 Å².